The first-order valence-corrected chi connectivity index (χ1v) is 14.0. The first kappa shape index (κ1) is 29.2. The number of nitrogens with one attached hydrogen (secondary N) is 1. The van der Waals surface area contributed by atoms with Gasteiger partial charge in [-0.05, 0) is 60.6 Å². The van der Waals surface area contributed by atoms with Crippen LogP contribution in [0.15, 0.2) is 53.4 Å². The molecule has 1 aliphatic heterocycles. The fourth-order valence-corrected chi connectivity index (χ4v) is 6.00. The number of benzene rings is 2. The van der Waals surface area contributed by atoms with Crippen molar-refractivity contribution in [3.8, 4) is 0 Å². The number of hydrogen-bond donors (Lipinski definition) is 2. The van der Waals surface area contributed by atoms with Crippen molar-refractivity contribution < 1.29 is 26.8 Å². The Morgan fingerprint density at radius 3 is 2.46 bits per heavy atom. The van der Waals surface area contributed by atoms with Crippen LogP contribution in [-0.2, 0) is 26.0 Å². The molecule has 1 saturated heterocycles. The average Bonchev–Trinajstić information content (AvgIpc) is 3.33. The Balaban J connectivity index is 1.83. The highest BCUT2D eigenvalue weighted by atomic mass is 35.5. The summed E-state index contributed by atoms with van der Waals surface area (Å²) in [5.41, 5.74) is 6.06. The molecule has 11 heteroatoms. The number of halogens is 3. The van der Waals surface area contributed by atoms with Gasteiger partial charge in [-0.2, -0.15) is 4.72 Å². The van der Waals surface area contributed by atoms with Gasteiger partial charge in [-0.3, -0.25) is 9.59 Å². The maximum absolute atomic E-state index is 13.6. The van der Waals surface area contributed by atoms with Gasteiger partial charge in [0.1, 0.15) is 6.04 Å². The number of likely N-dealkylation sites (tertiary alicyclic amines) is 1. The van der Waals surface area contributed by atoms with Crippen LogP contribution < -0.4 is 10.5 Å². The Morgan fingerprint density at radius 1 is 1.16 bits per heavy atom. The molecule has 0 aliphatic carbocycles. The van der Waals surface area contributed by atoms with E-state index in [0.29, 0.717) is 12.8 Å². The fraction of sp³-hybridized carbons (Fsp3) is 0.462. The topological polar surface area (TPSA) is 110 Å². The molecule has 3 atom stereocenters. The molecule has 37 heavy (non-hydrogen) atoms. The number of rotatable bonds is 11. The number of sulfonamides is 1. The van der Waals surface area contributed by atoms with Gasteiger partial charge in [0, 0.05) is 18.0 Å². The summed E-state index contributed by atoms with van der Waals surface area (Å²) in [4.78, 5) is 28.4. The molecular weight excluding hydrogens is 524 g/mol. The van der Waals surface area contributed by atoms with Gasteiger partial charge in [0.25, 0.3) is 6.43 Å². The lowest BCUT2D eigenvalue weighted by Crippen LogP contribution is -2.52. The maximum Gasteiger partial charge on any atom is 0.257 e. The molecule has 0 saturated carbocycles. The molecule has 3 rings (SSSR count). The average molecular weight is 556 g/mol. The summed E-state index contributed by atoms with van der Waals surface area (Å²) in [6, 6.07) is 8.56. The largest absolute Gasteiger partial charge is 0.331 e. The van der Waals surface area contributed by atoms with Crippen LogP contribution in [0.3, 0.4) is 0 Å². The van der Waals surface area contributed by atoms with E-state index in [-0.39, 0.29) is 52.1 Å². The molecule has 7 nitrogen and oxygen atoms in total. The van der Waals surface area contributed by atoms with Crippen LogP contribution in [-0.4, -0.2) is 50.1 Å². The first-order chi connectivity index (χ1) is 17.4. The Labute approximate surface area is 221 Å². The molecule has 1 unspecified atom stereocenters. The second-order valence-corrected chi connectivity index (χ2v) is 11.8. The van der Waals surface area contributed by atoms with E-state index in [1.807, 2.05) is 13.8 Å². The lowest BCUT2D eigenvalue weighted by atomic mass is 9.94. The van der Waals surface area contributed by atoms with E-state index in [4.69, 9.17) is 17.3 Å². The highest BCUT2D eigenvalue weighted by Crippen LogP contribution is 2.28. The van der Waals surface area contributed by atoms with Crippen molar-refractivity contribution in [3.05, 3.63) is 64.7 Å². The van der Waals surface area contributed by atoms with Crippen LogP contribution in [0.25, 0.3) is 0 Å². The monoisotopic (exact) mass is 555 g/mol. The van der Waals surface area contributed by atoms with Crippen LogP contribution in [0.5, 0.6) is 0 Å². The number of nitrogens with zero attached hydrogens (tertiary/aromatic N) is 1. The van der Waals surface area contributed by atoms with Gasteiger partial charge in [0.15, 0.2) is 5.78 Å². The highest BCUT2D eigenvalue weighted by Gasteiger charge is 2.39. The second kappa shape index (κ2) is 12.4. The van der Waals surface area contributed by atoms with E-state index in [1.54, 1.807) is 18.2 Å². The molecule has 202 valence electrons. The molecule has 1 fully saturated rings. The molecule has 2 aromatic carbocycles. The summed E-state index contributed by atoms with van der Waals surface area (Å²) in [6.07, 6.45) is -1.87. The number of amides is 1. The van der Waals surface area contributed by atoms with Gasteiger partial charge in [-0.25, -0.2) is 17.2 Å². The zero-order chi connectivity index (χ0) is 27.3. The molecule has 1 aliphatic rings. The lowest BCUT2D eigenvalue weighted by Gasteiger charge is -2.29. The molecule has 0 radical (unpaired) electrons. The van der Waals surface area contributed by atoms with Crippen LogP contribution in [0.4, 0.5) is 8.78 Å². The number of carbonyl (C=O) groups is 2. The van der Waals surface area contributed by atoms with Crippen LogP contribution in [0, 0.1) is 5.92 Å². The van der Waals surface area contributed by atoms with Crippen LogP contribution in [0.2, 0.25) is 5.02 Å². The van der Waals surface area contributed by atoms with Crippen molar-refractivity contribution in [2.24, 2.45) is 11.7 Å². The SMILES string of the molecule is CC(C)C[C@@H](NS(=O)(=O)c1ccccc1)C(=O)N1CCC[C@H]1C(=O)Cc1cc(Cl)ccc1C(N)C(F)F. The predicted octanol–water partition coefficient (Wildman–Crippen LogP) is 4.10. The summed E-state index contributed by atoms with van der Waals surface area (Å²) >= 11 is 6.06. The highest BCUT2D eigenvalue weighted by molar-refractivity contribution is 7.89. The third kappa shape index (κ3) is 7.34. The molecule has 0 spiro atoms. The zero-order valence-corrected chi connectivity index (χ0v) is 22.3. The summed E-state index contributed by atoms with van der Waals surface area (Å²) in [5, 5.41) is 0.277. The zero-order valence-electron chi connectivity index (χ0n) is 20.7. The number of ketones is 1. The van der Waals surface area contributed by atoms with E-state index in [2.05, 4.69) is 4.72 Å². The van der Waals surface area contributed by atoms with Gasteiger partial charge >= 0.3 is 0 Å². The summed E-state index contributed by atoms with van der Waals surface area (Å²) in [6.45, 7) is 4.03. The van der Waals surface area contributed by atoms with Crippen molar-refractivity contribution >= 4 is 33.3 Å². The Kier molecular flexibility index (Phi) is 9.80. The molecule has 0 aromatic heterocycles. The molecule has 1 heterocycles. The maximum atomic E-state index is 13.6. The van der Waals surface area contributed by atoms with Gasteiger partial charge < -0.3 is 10.6 Å². The third-order valence-electron chi connectivity index (χ3n) is 6.36. The number of nitrogens with two attached hydrogens (primary N) is 1. The van der Waals surface area contributed by atoms with Crippen LogP contribution >= 0.6 is 11.6 Å². The summed E-state index contributed by atoms with van der Waals surface area (Å²) < 4.78 is 55.0. The number of carbonyl (C=O) groups excluding carboxylic acids is 2. The molecule has 1 amide bonds. The standard InChI is InChI=1S/C26H32ClF2N3O4S/c1-16(2)13-21(31-37(35,36)19-7-4-3-5-8-19)26(34)32-12-6-9-22(32)23(33)15-17-14-18(27)10-11-20(17)24(30)25(28)29/h3-5,7-8,10-11,14,16,21-22,24-25,31H,6,9,12-13,15,30H2,1-2H3/t21-,22+,24?/m1/s1. The van der Waals surface area contributed by atoms with Crippen molar-refractivity contribution in [2.45, 2.75) is 69.0 Å². The molecule has 3 N–H and O–H groups in total. The Hall–Kier alpha value is -2.40. The lowest BCUT2D eigenvalue weighted by molar-refractivity contribution is -0.139. The van der Waals surface area contributed by atoms with Gasteiger partial charge in [0.05, 0.1) is 17.0 Å². The number of hydrogen-bond acceptors (Lipinski definition) is 5. The van der Waals surface area contributed by atoms with E-state index in [1.165, 1.54) is 35.2 Å². The molecule has 0 bridgehead atoms. The minimum absolute atomic E-state index is 0.00553. The van der Waals surface area contributed by atoms with Crippen molar-refractivity contribution in [1.82, 2.24) is 9.62 Å². The van der Waals surface area contributed by atoms with Crippen molar-refractivity contribution in [3.63, 3.8) is 0 Å². The van der Waals surface area contributed by atoms with E-state index in [0.717, 1.165) is 0 Å². The Bertz CT molecular complexity index is 1210. The summed E-state index contributed by atoms with van der Waals surface area (Å²) in [7, 11) is -3.98. The first-order valence-electron chi connectivity index (χ1n) is 12.1. The third-order valence-corrected chi connectivity index (χ3v) is 8.09. The van der Waals surface area contributed by atoms with Gasteiger partial charge in [-0.1, -0.05) is 49.7 Å². The van der Waals surface area contributed by atoms with Gasteiger partial charge in [0.2, 0.25) is 15.9 Å². The minimum atomic E-state index is -3.98. The fourth-order valence-electron chi connectivity index (χ4n) is 4.58. The van der Waals surface area contributed by atoms with E-state index >= 15 is 0 Å². The van der Waals surface area contributed by atoms with Crippen molar-refractivity contribution in [2.75, 3.05) is 6.54 Å². The molecular formula is C26H32ClF2N3O4S. The quantitative estimate of drug-likeness (QED) is 0.434. The Morgan fingerprint density at radius 2 is 1.84 bits per heavy atom. The van der Waals surface area contributed by atoms with Crippen LogP contribution in [0.1, 0.15) is 50.3 Å². The molecule has 2 aromatic rings. The second-order valence-electron chi connectivity index (χ2n) is 9.65. The minimum Gasteiger partial charge on any atom is -0.331 e. The normalized spacial score (nSPS) is 17.8. The predicted molar refractivity (Wildman–Crippen MR) is 138 cm³/mol. The van der Waals surface area contributed by atoms with Gasteiger partial charge in [-0.15, -0.1) is 0 Å². The number of Topliss-reactive ketones (excluding diaryl/α,β-unsaturated/α-hetero) is 1. The van der Waals surface area contributed by atoms with E-state index < -0.39 is 40.5 Å². The van der Waals surface area contributed by atoms with Crippen molar-refractivity contribution in [1.29, 1.82) is 0 Å². The number of alkyl halides is 2. The summed E-state index contributed by atoms with van der Waals surface area (Å²) in [5.74, 6) is -0.835. The smallest absolute Gasteiger partial charge is 0.257 e. The van der Waals surface area contributed by atoms with E-state index in [9.17, 15) is 26.8 Å².